The Balaban J connectivity index is 4.24. The lowest BCUT2D eigenvalue weighted by Gasteiger charge is -2.24. The number of carbonyl (C=O) groups is 1. The van der Waals surface area contributed by atoms with Gasteiger partial charge in [-0.1, -0.05) is 0 Å². The Hall–Kier alpha value is -0.610. The summed E-state index contributed by atoms with van der Waals surface area (Å²) in [6.45, 7) is 3.28. The maximum atomic E-state index is 10.9. The summed E-state index contributed by atoms with van der Waals surface area (Å²) in [5.41, 5.74) is 9.85. The van der Waals surface area contributed by atoms with E-state index < -0.39 is 11.6 Å². The fourth-order valence-corrected chi connectivity index (χ4v) is 0.399. The van der Waals surface area contributed by atoms with Gasteiger partial charge in [0, 0.05) is 0 Å². The molecule has 0 spiro atoms. The Kier molecular flexibility index (Phi) is 2.80. The van der Waals surface area contributed by atoms with E-state index in [0.717, 1.165) is 0 Å². The molecule has 0 saturated carbocycles. The van der Waals surface area contributed by atoms with Crippen LogP contribution in [0.5, 0.6) is 0 Å². The summed E-state index contributed by atoms with van der Waals surface area (Å²) in [5.74, 6) is -0.387. The third-order valence-corrected chi connectivity index (χ3v) is 1.54. The highest BCUT2D eigenvalue weighted by Crippen LogP contribution is 2.17. The van der Waals surface area contributed by atoms with E-state index >= 15 is 0 Å². The van der Waals surface area contributed by atoms with E-state index in [1.54, 1.807) is 13.8 Å². The molecule has 0 rings (SSSR count). The quantitative estimate of drug-likeness (QED) is 0.404. The maximum Gasteiger partial charge on any atom is 0.314 e. The molecule has 0 radical (unpaired) electrons. The Labute approximate surface area is 60.5 Å². The standard InChI is InChI=1S/C6H14N2O2/c1-6(2,4(7)8)5(9)10-3/h4H,7-8H2,1-3H3. The molecule has 4 heteroatoms. The monoisotopic (exact) mass is 146 g/mol. The van der Waals surface area contributed by atoms with Crippen LogP contribution in [-0.2, 0) is 9.53 Å². The van der Waals surface area contributed by atoms with Crippen molar-refractivity contribution < 1.29 is 9.53 Å². The van der Waals surface area contributed by atoms with Gasteiger partial charge in [0.15, 0.2) is 0 Å². The van der Waals surface area contributed by atoms with Crippen molar-refractivity contribution in [3.05, 3.63) is 0 Å². The van der Waals surface area contributed by atoms with E-state index in [1.165, 1.54) is 7.11 Å². The predicted molar refractivity (Wildman–Crippen MR) is 38.0 cm³/mol. The lowest BCUT2D eigenvalue weighted by molar-refractivity contribution is -0.151. The molecule has 0 aromatic heterocycles. The molecule has 0 bridgehead atoms. The summed E-state index contributed by atoms with van der Waals surface area (Å²) in [5, 5.41) is 0. The van der Waals surface area contributed by atoms with Gasteiger partial charge in [-0.3, -0.25) is 4.79 Å². The van der Waals surface area contributed by atoms with Crippen molar-refractivity contribution in [3.8, 4) is 0 Å². The topological polar surface area (TPSA) is 78.3 Å². The molecule has 0 aliphatic carbocycles. The fourth-order valence-electron chi connectivity index (χ4n) is 0.399. The van der Waals surface area contributed by atoms with Gasteiger partial charge in [0.1, 0.15) is 0 Å². The minimum absolute atomic E-state index is 0.387. The molecular formula is C6H14N2O2. The zero-order valence-corrected chi connectivity index (χ0v) is 6.55. The number of methoxy groups -OCH3 is 1. The third-order valence-electron chi connectivity index (χ3n) is 1.54. The van der Waals surface area contributed by atoms with E-state index in [9.17, 15) is 4.79 Å². The van der Waals surface area contributed by atoms with Crippen LogP contribution in [0.15, 0.2) is 0 Å². The molecule has 4 N–H and O–H groups in total. The van der Waals surface area contributed by atoms with Crippen LogP contribution >= 0.6 is 0 Å². The van der Waals surface area contributed by atoms with E-state index in [2.05, 4.69) is 4.74 Å². The minimum atomic E-state index is -0.797. The molecule has 0 amide bonds. The first-order valence-corrected chi connectivity index (χ1v) is 3.02. The van der Waals surface area contributed by atoms with Gasteiger partial charge in [-0.25, -0.2) is 0 Å². The van der Waals surface area contributed by atoms with Gasteiger partial charge in [-0.05, 0) is 13.8 Å². The fraction of sp³-hybridized carbons (Fsp3) is 0.833. The summed E-state index contributed by atoms with van der Waals surface area (Å²) >= 11 is 0. The summed E-state index contributed by atoms with van der Waals surface area (Å²) < 4.78 is 4.48. The van der Waals surface area contributed by atoms with Crippen LogP contribution in [0.4, 0.5) is 0 Å². The van der Waals surface area contributed by atoms with E-state index in [4.69, 9.17) is 11.5 Å². The van der Waals surface area contributed by atoms with Crippen LogP contribution in [0.25, 0.3) is 0 Å². The van der Waals surface area contributed by atoms with Crippen LogP contribution in [0.3, 0.4) is 0 Å². The van der Waals surface area contributed by atoms with Gasteiger partial charge < -0.3 is 16.2 Å². The second-order valence-corrected chi connectivity index (χ2v) is 2.74. The van der Waals surface area contributed by atoms with Crippen molar-refractivity contribution >= 4 is 5.97 Å². The SMILES string of the molecule is COC(=O)C(C)(C)C(N)N. The molecule has 0 aromatic carbocycles. The Morgan fingerprint density at radius 1 is 1.50 bits per heavy atom. The number of hydrogen-bond acceptors (Lipinski definition) is 4. The van der Waals surface area contributed by atoms with Crippen LogP contribution in [0.2, 0.25) is 0 Å². The highest BCUT2D eigenvalue weighted by atomic mass is 16.5. The Morgan fingerprint density at radius 3 is 2.00 bits per heavy atom. The van der Waals surface area contributed by atoms with Gasteiger partial charge >= 0.3 is 5.97 Å². The van der Waals surface area contributed by atoms with Crippen molar-refractivity contribution in [2.75, 3.05) is 7.11 Å². The zero-order valence-electron chi connectivity index (χ0n) is 6.55. The molecule has 4 nitrogen and oxygen atoms in total. The van der Waals surface area contributed by atoms with Gasteiger partial charge in [-0.2, -0.15) is 0 Å². The first-order chi connectivity index (χ1) is 4.42. The number of rotatable bonds is 2. The number of esters is 1. The Morgan fingerprint density at radius 2 is 1.90 bits per heavy atom. The zero-order chi connectivity index (χ0) is 8.36. The van der Waals surface area contributed by atoms with Gasteiger partial charge in [0.2, 0.25) is 0 Å². The molecule has 0 unspecified atom stereocenters. The van der Waals surface area contributed by atoms with Crippen molar-refractivity contribution in [3.63, 3.8) is 0 Å². The third kappa shape index (κ3) is 1.68. The normalized spacial score (nSPS) is 11.8. The van der Waals surface area contributed by atoms with Crippen LogP contribution < -0.4 is 11.5 Å². The molecule has 0 fully saturated rings. The molecule has 60 valence electrons. The molecule has 0 aliphatic heterocycles. The molecule has 0 atom stereocenters. The smallest absolute Gasteiger partial charge is 0.314 e. The van der Waals surface area contributed by atoms with E-state index in [0.29, 0.717) is 0 Å². The van der Waals surface area contributed by atoms with Gasteiger partial charge in [-0.15, -0.1) is 0 Å². The second-order valence-electron chi connectivity index (χ2n) is 2.74. The first kappa shape index (κ1) is 9.39. The van der Waals surface area contributed by atoms with E-state index in [-0.39, 0.29) is 5.97 Å². The molecule has 0 heterocycles. The average Bonchev–Trinajstić information content (AvgIpc) is 1.86. The summed E-state index contributed by atoms with van der Waals surface area (Å²) in [7, 11) is 1.31. The summed E-state index contributed by atoms with van der Waals surface area (Å²) in [4.78, 5) is 10.9. The van der Waals surface area contributed by atoms with Gasteiger partial charge in [0.25, 0.3) is 0 Å². The second kappa shape index (κ2) is 2.98. The predicted octanol–water partition coefficient (Wildman–Crippen LogP) is -0.571. The van der Waals surface area contributed by atoms with Crippen molar-refractivity contribution in [2.45, 2.75) is 20.0 Å². The van der Waals surface area contributed by atoms with Crippen molar-refractivity contribution in [1.82, 2.24) is 0 Å². The number of nitrogens with two attached hydrogens (primary N) is 2. The Bertz CT molecular complexity index is 132. The lowest BCUT2D eigenvalue weighted by atomic mass is 9.90. The lowest BCUT2D eigenvalue weighted by Crippen LogP contribution is -2.49. The van der Waals surface area contributed by atoms with Crippen LogP contribution in [0, 0.1) is 5.41 Å². The summed E-state index contributed by atoms with van der Waals surface area (Å²) in [6.07, 6.45) is -0.681. The van der Waals surface area contributed by atoms with Crippen molar-refractivity contribution in [2.24, 2.45) is 16.9 Å². The largest absolute Gasteiger partial charge is 0.469 e. The van der Waals surface area contributed by atoms with Crippen LogP contribution in [0.1, 0.15) is 13.8 Å². The highest BCUT2D eigenvalue weighted by molar-refractivity contribution is 5.76. The first-order valence-electron chi connectivity index (χ1n) is 3.02. The molecule has 10 heavy (non-hydrogen) atoms. The average molecular weight is 146 g/mol. The highest BCUT2D eigenvalue weighted by Gasteiger charge is 2.33. The number of ether oxygens (including phenoxy) is 1. The molecular weight excluding hydrogens is 132 g/mol. The molecule has 0 saturated heterocycles. The van der Waals surface area contributed by atoms with Crippen LogP contribution in [-0.4, -0.2) is 19.2 Å². The molecule has 0 aliphatic rings. The van der Waals surface area contributed by atoms with Crippen molar-refractivity contribution in [1.29, 1.82) is 0 Å². The van der Waals surface area contributed by atoms with Gasteiger partial charge in [0.05, 0.1) is 18.7 Å². The maximum absolute atomic E-state index is 10.9. The van der Waals surface area contributed by atoms with E-state index in [1.807, 2.05) is 0 Å². The number of hydrogen-bond donors (Lipinski definition) is 2. The number of carbonyl (C=O) groups excluding carboxylic acids is 1. The minimum Gasteiger partial charge on any atom is -0.469 e. The summed E-state index contributed by atoms with van der Waals surface area (Å²) in [6, 6.07) is 0. The molecule has 0 aromatic rings.